The molecule has 4 rings (SSSR count). The van der Waals surface area contributed by atoms with E-state index in [9.17, 15) is 9.59 Å². The number of benzene rings is 2. The van der Waals surface area contributed by atoms with Crippen LogP contribution in [-0.2, 0) is 4.79 Å². The quantitative estimate of drug-likeness (QED) is 0.677. The number of H-pyrrole nitrogens is 1. The summed E-state index contributed by atoms with van der Waals surface area (Å²) in [6.07, 6.45) is 0.595. The van der Waals surface area contributed by atoms with Gasteiger partial charge in [-0.25, -0.2) is 0 Å². The molecule has 2 aromatic carbocycles. The Balaban J connectivity index is 1.82. The molecule has 0 bridgehead atoms. The lowest BCUT2D eigenvalue weighted by atomic mass is 10.0. The van der Waals surface area contributed by atoms with Crippen LogP contribution < -0.4 is 10.6 Å². The van der Waals surface area contributed by atoms with Gasteiger partial charge in [-0.3, -0.25) is 9.59 Å². The summed E-state index contributed by atoms with van der Waals surface area (Å²) in [4.78, 5) is 27.8. The van der Waals surface area contributed by atoms with Gasteiger partial charge in [0.15, 0.2) is 0 Å². The van der Waals surface area contributed by atoms with Crippen LogP contribution in [0.25, 0.3) is 22.0 Å². The number of hydrogen-bond acceptors (Lipinski definition) is 2. The Morgan fingerprint density at radius 3 is 2.68 bits per heavy atom. The maximum Gasteiger partial charge on any atom is 0.269 e. The summed E-state index contributed by atoms with van der Waals surface area (Å²) in [6, 6.07) is 14.6. The molecule has 2 heterocycles. The van der Waals surface area contributed by atoms with E-state index in [1.165, 1.54) is 0 Å². The van der Waals surface area contributed by atoms with E-state index in [0.29, 0.717) is 23.7 Å². The Morgan fingerprint density at radius 2 is 1.96 bits per heavy atom. The highest BCUT2D eigenvalue weighted by Crippen LogP contribution is 2.34. The molecule has 2 amide bonds. The van der Waals surface area contributed by atoms with Crippen LogP contribution >= 0.6 is 11.6 Å². The van der Waals surface area contributed by atoms with Crippen molar-refractivity contribution >= 4 is 34.3 Å². The Labute approximate surface area is 149 Å². The van der Waals surface area contributed by atoms with Gasteiger partial charge in [-0.1, -0.05) is 41.9 Å². The van der Waals surface area contributed by atoms with Crippen LogP contribution in [0.2, 0.25) is 5.02 Å². The third-order valence-electron chi connectivity index (χ3n) is 4.40. The van der Waals surface area contributed by atoms with Crippen molar-refractivity contribution in [2.75, 3.05) is 6.54 Å². The molecule has 1 aliphatic rings. The lowest BCUT2D eigenvalue weighted by Gasteiger charge is -2.10. The van der Waals surface area contributed by atoms with Gasteiger partial charge >= 0.3 is 0 Å². The van der Waals surface area contributed by atoms with Gasteiger partial charge < -0.3 is 15.6 Å². The molecule has 1 atom stereocenters. The molecule has 0 aliphatic carbocycles. The fourth-order valence-electron chi connectivity index (χ4n) is 3.20. The van der Waals surface area contributed by atoms with E-state index in [1.807, 2.05) is 42.5 Å². The summed E-state index contributed by atoms with van der Waals surface area (Å²) in [6.45, 7) is 0.581. The second kappa shape index (κ2) is 6.26. The molecule has 5 nitrogen and oxygen atoms in total. The maximum atomic E-state index is 12.8. The first-order valence-electron chi connectivity index (χ1n) is 8.09. The molecule has 0 radical (unpaired) electrons. The molecule has 0 unspecified atom stereocenters. The van der Waals surface area contributed by atoms with Crippen LogP contribution in [0.3, 0.4) is 0 Å². The number of carbonyl (C=O) groups excluding carboxylic acids is 2. The summed E-state index contributed by atoms with van der Waals surface area (Å²) >= 11 is 6.16. The largest absolute Gasteiger partial charge is 0.354 e. The van der Waals surface area contributed by atoms with E-state index in [-0.39, 0.29) is 11.8 Å². The molecule has 1 aromatic heterocycles. The highest BCUT2D eigenvalue weighted by molar-refractivity contribution is 6.31. The Morgan fingerprint density at radius 1 is 1.16 bits per heavy atom. The van der Waals surface area contributed by atoms with Crippen LogP contribution in [0.4, 0.5) is 0 Å². The summed E-state index contributed by atoms with van der Waals surface area (Å²) < 4.78 is 0. The minimum Gasteiger partial charge on any atom is -0.354 e. The van der Waals surface area contributed by atoms with E-state index >= 15 is 0 Å². The van der Waals surface area contributed by atoms with Gasteiger partial charge in [0.05, 0.1) is 0 Å². The van der Waals surface area contributed by atoms with E-state index in [2.05, 4.69) is 15.6 Å². The van der Waals surface area contributed by atoms with Crippen LogP contribution in [0.5, 0.6) is 0 Å². The molecule has 126 valence electrons. The smallest absolute Gasteiger partial charge is 0.269 e. The number of carbonyl (C=O) groups is 2. The zero-order valence-corrected chi connectivity index (χ0v) is 14.1. The van der Waals surface area contributed by atoms with Crippen molar-refractivity contribution in [2.24, 2.45) is 0 Å². The Kier molecular flexibility index (Phi) is 3.93. The molecule has 1 saturated heterocycles. The second-order valence-corrected chi connectivity index (χ2v) is 6.47. The highest BCUT2D eigenvalue weighted by Gasteiger charge is 2.28. The second-order valence-electron chi connectivity index (χ2n) is 6.04. The average Bonchev–Trinajstić information content (AvgIpc) is 3.19. The van der Waals surface area contributed by atoms with E-state index in [0.717, 1.165) is 22.0 Å². The van der Waals surface area contributed by atoms with Crippen LogP contribution in [0.1, 0.15) is 16.9 Å². The number of hydrogen-bond donors (Lipinski definition) is 3. The first kappa shape index (κ1) is 15.7. The van der Waals surface area contributed by atoms with Crippen molar-refractivity contribution in [1.29, 1.82) is 0 Å². The molecule has 1 fully saturated rings. The fraction of sp³-hybridized carbons (Fsp3) is 0.158. The highest BCUT2D eigenvalue weighted by atomic mass is 35.5. The number of amides is 2. The topological polar surface area (TPSA) is 74.0 Å². The minimum atomic E-state index is -0.494. The Hall–Kier alpha value is -2.79. The summed E-state index contributed by atoms with van der Waals surface area (Å²) in [5, 5.41) is 7.02. The van der Waals surface area contributed by atoms with Crippen molar-refractivity contribution in [3.05, 3.63) is 59.2 Å². The molecule has 25 heavy (non-hydrogen) atoms. The maximum absolute atomic E-state index is 12.8. The van der Waals surface area contributed by atoms with E-state index in [1.54, 1.807) is 6.07 Å². The van der Waals surface area contributed by atoms with Crippen LogP contribution in [-0.4, -0.2) is 29.4 Å². The van der Waals surface area contributed by atoms with Gasteiger partial charge in [0.2, 0.25) is 5.91 Å². The average molecular weight is 354 g/mol. The molecule has 6 heteroatoms. The molecule has 3 aromatic rings. The predicted octanol–water partition coefficient (Wildman–Crippen LogP) is 3.11. The lowest BCUT2D eigenvalue weighted by molar-refractivity contribution is -0.120. The van der Waals surface area contributed by atoms with Gasteiger partial charge in [0.25, 0.3) is 5.91 Å². The van der Waals surface area contributed by atoms with E-state index < -0.39 is 6.04 Å². The van der Waals surface area contributed by atoms with Gasteiger partial charge in [0.1, 0.15) is 11.7 Å². The lowest BCUT2D eigenvalue weighted by Crippen LogP contribution is -2.40. The number of fused-ring (bicyclic) bond motifs is 1. The third kappa shape index (κ3) is 2.87. The third-order valence-corrected chi connectivity index (χ3v) is 4.64. The van der Waals surface area contributed by atoms with Gasteiger partial charge in [-0.05, 0) is 30.2 Å². The van der Waals surface area contributed by atoms with Crippen molar-refractivity contribution < 1.29 is 9.59 Å². The molecular weight excluding hydrogens is 338 g/mol. The molecule has 0 spiro atoms. The minimum absolute atomic E-state index is 0.145. The van der Waals surface area contributed by atoms with Crippen LogP contribution in [0, 0.1) is 0 Å². The van der Waals surface area contributed by atoms with Crippen molar-refractivity contribution in [3.8, 4) is 11.1 Å². The summed E-state index contributed by atoms with van der Waals surface area (Å²) in [7, 11) is 0. The van der Waals surface area contributed by atoms with E-state index in [4.69, 9.17) is 11.6 Å². The SMILES string of the molecule is O=C(N[C@@H]1CCNC1=O)c1[nH]c2ccc(Cl)cc2c1-c1ccccc1. The zero-order chi connectivity index (χ0) is 17.4. The number of aromatic amines is 1. The zero-order valence-electron chi connectivity index (χ0n) is 13.3. The molecular formula is C19H16ClN3O2. The van der Waals surface area contributed by atoms with Gasteiger partial charge in [0, 0.05) is 28.0 Å². The van der Waals surface area contributed by atoms with Crippen molar-refractivity contribution in [3.63, 3.8) is 0 Å². The van der Waals surface area contributed by atoms with Gasteiger partial charge in [-0.2, -0.15) is 0 Å². The summed E-state index contributed by atoms with van der Waals surface area (Å²) in [5.74, 6) is -0.443. The number of aromatic nitrogens is 1. The predicted molar refractivity (Wildman–Crippen MR) is 97.6 cm³/mol. The molecule has 3 N–H and O–H groups in total. The number of halogens is 1. The van der Waals surface area contributed by atoms with Gasteiger partial charge in [-0.15, -0.1) is 0 Å². The standard InChI is InChI=1S/C19H16ClN3O2/c20-12-6-7-14-13(10-12)16(11-4-2-1-3-5-11)17(22-14)19(25)23-15-8-9-21-18(15)24/h1-7,10,15,22H,8-9H2,(H,21,24)(H,23,25)/t15-/m1/s1. The number of nitrogens with one attached hydrogen (secondary N) is 3. The number of rotatable bonds is 3. The first-order valence-corrected chi connectivity index (χ1v) is 8.46. The normalized spacial score (nSPS) is 16.8. The first-order chi connectivity index (χ1) is 12.1. The monoisotopic (exact) mass is 353 g/mol. The Bertz CT molecular complexity index is 965. The molecule has 1 aliphatic heterocycles. The van der Waals surface area contributed by atoms with Crippen molar-refractivity contribution in [2.45, 2.75) is 12.5 Å². The van der Waals surface area contributed by atoms with Crippen LogP contribution in [0.15, 0.2) is 48.5 Å². The molecule has 0 saturated carbocycles. The summed E-state index contributed by atoms with van der Waals surface area (Å²) in [5.41, 5.74) is 2.96. The fourth-order valence-corrected chi connectivity index (χ4v) is 3.37. The van der Waals surface area contributed by atoms with Crippen molar-refractivity contribution in [1.82, 2.24) is 15.6 Å².